The summed E-state index contributed by atoms with van der Waals surface area (Å²) in [4.78, 5) is 28.4. The summed E-state index contributed by atoms with van der Waals surface area (Å²) in [5.41, 5.74) is 6.16. The zero-order valence-corrected chi connectivity index (χ0v) is 17.9. The van der Waals surface area contributed by atoms with E-state index in [9.17, 15) is 19.3 Å². The molecule has 1 amide bonds. The van der Waals surface area contributed by atoms with E-state index in [0.717, 1.165) is 0 Å². The zero-order chi connectivity index (χ0) is 23.5. The average molecular weight is 442 g/mol. The number of amides is 1. The van der Waals surface area contributed by atoms with Crippen molar-refractivity contribution in [1.29, 1.82) is 0 Å². The third-order valence-corrected chi connectivity index (χ3v) is 5.25. The average Bonchev–Trinajstić information content (AvgIpc) is 2.82. The molecule has 0 unspecified atom stereocenters. The van der Waals surface area contributed by atoms with Crippen molar-refractivity contribution in [2.45, 2.75) is 13.8 Å². The highest BCUT2D eigenvalue weighted by Crippen LogP contribution is 2.25. The molecular formula is C25H19FN4O3. The molecule has 33 heavy (non-hydrogen) atoms. The van der Waals surface area contributed by atoms with E-state index in [4.69, 9.17) is 0 Å². The predicted octanol–water partition coefficient (Wildman–Crippen LogP) is 5.41. The highest BCUT2D eigenvalue weighted by atomic mass is 19.1. The maximum Gasteiger partial charge on any atom is 0.272 e. The van der Waals surface area contributed by atoms with Gasteiger partial charge in [0.05, 0.1) is 27.4 Å². The Bertz CT molecular complexity index is 1420. The molecule has 7 nitrogen and oxygen atoms in total. The Kier molecular flexibility index (Phi) is 5.91. The number of para-hydroxylation sites is 1. The van der Waals surface area contributed by atoms with Gasteiger partial charge in [-0.1, -0.05) is 30.3 Å². The summed E-state index contributed by atoms with van der Waals surface area (Å²) in [5, 5.41) is 16.0. The van der Waals surface area contributed by atoms with Crippen LogP contribution < -0.4 is 5.43 Å². The van der Waals surface area contributed by atoms with Crippen LogP contribution >= 0.6 is 0 Å². The number of nitrogens with one attached hydrogen (secondary N) is 1. The molecule has 0 spiro atoms. The minimum atomic E-state index is -0.460. The van der Waals surface area contributed by atoms with Crippen molar-refractivity contribution in [3.05, 3.63) is 105 Å². The second-order valence-electron chi connectivity index (χ2n) is 7.48. The fourth-order valence-corrected chi connectivity index (χ4v) is 3.42. The summed E-state index contributed by atoms with van der Waals surface area (Å²) in [6.45, 7) is 3.31. The lowest BCUT2D eigenvalue weighted by Gasteiger charge is -2.10. The normalized spacial score (nSPS) is 11.4. The summed E-state index contributed by atoms with van der Waals surface area (Å²) in [7, 11) is 0. The van der Waals surface area contributed by atoms with Gasteiger partial charge in [0.25, 0.3) is 11.6 Å². The number of nitrogens with zero attached hydrogens (tertiary/aromatic N) is 3. The van der Waals surface area contributed by atoms with Crippen LogP contribution in [0.2, 0.25) is 0 Å². The van der Waals surface area contributed by atoms with Crippen LogP contribution in [0.4, 0.5) is 10.1 Å². The minimum absolute atomic E-state index is 0.0163. The monoisotopic (exact) mass is 442 g/mol. The third-order valence-electron chi connectivity index (χ3n) is 5.25. The van der Waals surface area contributed by atoms with E-state index in [0.29, 0.717) is 44.6 Å². The Morgan fingerprint density at radius 2 is 1.79 bits per heavy atom. The van der Waals surface area contributed by atoms with Gasteiger partial charge in [-0.05, 0) is 50.2 Å². The number of pyridine rings is 1. The number of hydrogen-bond donors (Lipinski definition) is 1. The van der Waals surface area contributed by atoms with E-state index in [1.54, 1.807) is 62.4 Å². The van der Waals surface area contributed by atoms with Gasteiger partial charge in [0.2, 0.25) is 0 Å². The van der Waals surface area contributed by atoms with Gasteiger partial charge in [0.1, 0.15) is 5.82 Å². The van der Waals surface area contributed by atoms with Crippen molar-refractivity contribution in [3.63, 3.8) is 0 Å². The standard InChI is InChI=1S/C25H19FN4O3/c1-15-7-8-18(13-24(15)30(32)33)16(2)28-29-25(31)21-14-23(17-9-11-19(26)12-10-17)27-22-6-4-3-5-20(21)22/h3-14H,1-2H3,(H,29,31). The Labute approximate surface area is 188 Å². The van der Waals surface area contributed by atoms with Gasteiger partial charge >= 0.3 is 0 Å². The van der Waals surface area contributed by atoms with E-state index >= 15 is 0 Å². The molecule has 1 N–H and O–H groups in total. The summed E-state index contributed by atoms with van der Waals surface area (Å²) in [6, 6.07) is 19.5. The number of nitro groups is 1. The number of hydrogen-bond acceptors (Lipinski definition) is 5. The van der Waals surface area contributed by atoms with E-state index < -0.39 is 10.8 Å². The number of fused-ring (bicyclic) bond motifs is 1. The fourth-order valence-electron chi connectivity index (χ4n) is 3.42. The molecule has 0 aliphatic carbocycles. The molecule has 1 heterocycles. The molecule has 0 saturated heterocycles. The zero-order valence-electron chi connectivity index (χ0n) is 17.9. The molecule has 0 aliphatic rings. The Morgan fingerprint density at radius 3 is 2.52 bits per heavy atom. The molecule has 3 aromatic carbocycles. The Morgan fingerprint density at radius 1 is 1.06 bits per heavy atom. The highest BCUT2D eigenvalue weighted by molar-refractivity contribution is 6.08. The van der Waals surface area contributed by atoms with Crippen LogP contribution in [-0.2, 0) is 0 Å². The molecule has 4 rings (SSSR count). The third kappa shape index (κ3) is 4.59. The lowest BCUT2D eigenvalue weighted by Crippen LogP contribution is -2.20. The molecule has 8 heteroatoms. The molecular weight excluding hydrogens is 423 g/mol. The lowest BCUT2D eigenvalue weighted by molar-refractivity contribution is -0.385. The van der Waals surface area contributed by atoms with E-state index in [1.165, 1.54) is 18.2 Å². The smallest absolute Gasteiger partial charge is 0.267 e. The van der Waals surface area contributed by atoms with Gasteiger partial charge in [-0.3, -0.25) is 14.9 Å². The van der Waals surface area contributed by atoms with Crippen molar-refractivity contribution >= 4 is 28.2 Å². The van der Waals surface area contributed by atoms with Crippen molar-refractivity contribution in [3.8, 4) is 11.3 Å². The lowest BCUT2D eigenvalue weighted by atomic mass is 10.0. The molecule has 0 aliphatic heterocycles. The SMILES string of the molecule is CC(=NNC(=O)c1cc(-c2ccc(F)cc2)nc2ccccc12)c1ccc(C)c([N+](=O)[O-])c1. The van der Waals surface area contributed by atoms with Crippen molar-refractivity contribution < 1.29 is 14.1 Å². The summed E-state index contributed by atoms with van der Waals surface area (Å²) < 4.78 is 13.3. The van der Waals surface area contributed by atoms with Gasteiger partial charge < -0.3 is 0 Å². The number of rotatable bonds is 5. The van der Waals surface area contributed by atoms with Crippen molar-refractivity contribution in [1.82, 2.24) is 10.4 Å². The van der Waals surface area contributed by atoms with Crippen molar-refractivity contribution in [2.75, 3.05) is 0 Å². The van der Waals surface area contributed by atoms with Gasteiger partial charge in [0.15, 0.2) is 0 Å². The van der Waals surface area contributed by atoms with Crippen LogP contribution in [0.15, 0.2) is 77.9 Å². The molecule has 0 radical (unpaired) electrons. The minimum Gasteiger partial charge on any atom is -0.267 e. The Hall–Kier alpha value is -4.46. The molecule has 1 aromatic heterocycles. The van der Waals surface area contributed by atoms with Gasteiger partial charge in [0, 0.05) is 28.1 Å². The van der Waals surface area contributed by atoms with E-state index in [2.05, 4.69) is 15.5 Å². The number of nitro benzene ring substituents is 1. The molecule has 0 bridgehead atoms. The summed E-state index contributed by atoms with van der Waals surface area (Å²) in [6.07, 6.45) is 0. The summed E-state index contributed by atoms with van der Waals surface area (Å²) in [5.74, 6) is -0.823. The Balaban J connectivity index is 1.68. The molecule has 0 atom stereocenters. The van der Waals surface area contributed by atoms with Crippen molar-refractivity contribution in [2.24, 2.45) is 5.10 Å². The van der Waals surface area contributed by atoms with Crippen LogP contribution in [-0.4, -0.2) is 21.5 Å². The van der Waals surface area contributed by atoms with Crippen LogP contribution in [0.3, 0.4) is 0 Å². The maximum absolute atomic E-state index is 13.3. The number of carbonyl (C=O) groups is 1. The second-order valence-corrected chi connectivity index (χ2v) is 7.48. The number of aryl methyl sites for hydroxylation is 1. The number of aromatic nitrogens is 1. The number of halogens is 1. The first-order valence-electron chi connectivity index (χ1n) is 10.1. The largest absolute Gasteiger partial charge is 0.272 e. The van der Waals surface area contributed by atoms with Gasteiger partial charge in [-0.2, -0.15) is 5.10 Å². The molecule has 164 valence electrons. The number of hydrazone groups is 1. The number of benzene rings is 3. The first-order valence-corrected chi connectivity index (χ1v) is 10.1. The second kappa shape index (κ2) is 8.96. The van der Waals surface area contributed by atoms with Crippen LogP contribution in [0.5, 0.6) is 0 Å². The van der Waals surface area contributed by atoms with Gasteiger partial charge in [-0.25, -0.2) is 14.8 Å². The van der Waals surface area contributed by atoms with Crippen LogP contribution in [0.25, 0.3) is 22.2 Å². The molecule has 0 fully saturated rings. The van der Waals surface area contributed by atoms with E-state index in [1.807, 2.05) is 6.07 Å². The summed E-state index contributed by atoms with van der Waals surface area (Å²) >= 11 is 0. The predicted molar refractivity (Wildman–Crippen MR) is 125 cm³/mol. The quantitative estimate of drug-likeness (QED) is 0.254. The maximum atomic E-state index is 13.3. The fraction of sp³-hybridized carbons (Fsp3) is 0.0800. The first kappa shape index (κ1) is 21.8. The highest BCUT2D eigenvalue weighted by Gasteiger charge is 2.15. The van der Waals surface area contributed by atoms with E-state index in [-0.39, 0.29) is 11.5 Å². The van der Waals surface area contributed by atoms with Crippen LogP contribution in [0, 0.1) is 22.9 Å². The van der Waals surface area contributed by atoms with Gasteiger partial charge in [-0.15, -0.1) is 0 Å². The first-order chi connectivity index (χ1) is 15.8. The van der Waals surface area contributed by atoms with Crippen LogP contribution in [0.1, 0.15) is 28.4 Å². The topological polar surface area (TPSA) is 97.5 Å². The molecule has 0 saturated carbocycles. The molecule has 4 aromatic rings. The number of carbonyl (C=O) groups excluding carboxylic acids is 1.